The van der Waals surface area contributed by atoms with Crippen LogP contribution < -0.4 is 10.6 Å². The molecule has 0 saturated carbocycles. The average Bonchev–Trinajstić information content (AvgIpc) is 3.11. The third-order valence-corrected chi connectivity index (χ3v) is 5.88. The molecule has 0 fully saturated rings. The number of halogens is 1. The van der Waals surface area contributed by atoms with E-state index >= 15 is 0 Å². The molecule has 0 aromatic heterocycles. The fraction of sp³-hybridized carbons (Fsp3) is 0.185. The lowest BCUT2D eigenvalue weighted by Gasteiger charge is -2.16. The highest BCUT2D eigenvalue weighted by Crippen LogP contribution is 2.38. The topological polar surface area (TPSA) is 81.7 Å². The normalized spacial score (nSPS) is 14.1. The largest absolute Gasteiger partial charge is 0.481 e. The summed E-state index contributed by atoms with van der Waals surface area (Å²) in [5, 5.41) is 16.0. The maximum atomic E-state index is 13.0. The van der Waals surface area contributed by atoms with Crippen molar-refractivity contribution >= 4 is 46.1 Å². The molecular formula is C27H26ClN3O3. The molecule has 0 atom stereocenters. The monoisotopic (exact) mass is 475 g/mol. The minimum atomic E-state index is -0.889. The van der Waals surface area contributed by atoms with E-state index in [1.807, 2.05) is 44.4 Å². The number of fused-ring (bicyclic) bond motifs is 1. The summed E-state index contributed by atoms with van der Waals surface area (Å²) >= 11 is 6.13. The first-order valence-corrected chi connectivity index (χ1v) is 11.4. The smallest absolute Gasteiger partial charge is 0.307 e. The summed E-state index contributed by atoms with van der Waals surface area (Å²) in [7, 11) is 4.10. The van der Waals surface area contributed by atoms with Gasteiger partial charge in [-0.2, -0.15) is 0 Å². The highest BCUT2D eigenvalue weighted by molar-refractivity contribution is 6.38. The summed E-state index contributed by atoms with van der Waals surface area (Å²) in [4.78, 5) is 26.2. The minimum Gasteiger partial charge on any atom is -0.481 e. The summed E-state index contributed by atoms with van der Waals surface area (Å²) in [6, 6.07) is 20.7. The number of benzene rings is 3. The van der Waals surface area contributed by atoms with E-state index in [-0.39, 0.29) is 12.3 Å². The van der Waals surface area contributed by atoms with E-state index in [9.17, 15) is 9.59 Å². The third kappa shape index (κ3) is 5.47. The fourth-order valence-corrected chi connectivity index (χ4v) is 4.06. The second-order valence-electron chi connectivity index (χ2n) is 8.54. The number of hydrogen-bond donors (Lipinski definition) is 3. The van der Waals surface area contributed by atoms with Gasteiger partial charge in [-0.25, -0.2) is 0 Å². The Morgan fingerprint density at radius 3 is 2.32 bits per heavy atom. The maximum absolute atomic E-state index is 13.0. The molecule has 1 heterocycles. The molecule has 0 aliphatic carbocycles. The van der Waals surface area contributed by atoms with Gasteiger partial charge in [-0.1, -0.05) is 54.1 Å². The van der Waals surface area contributed by atoms with Gasteiger partial charge in [0.15, 0.2) is 0 Å². The van der Waals surface area contributed by atoms with Crippen LogP contribution >= 0.6 is 11.6 Å². The molecule has 7 heteroatoms. The first kappa shape index (κ1) is 23.5. The van der Waals surface area contributed by atoms with Crippen molar-refractivity contribution in [1.29, 1.82) is 0 Å². The molecule has 0 bridgehead atoms. The highest BCUT2D eigenvalue weighted by Gasteiger charge is 2.28. The van der Waals surface area contributed by atoms with Crippen molar-refractivity contribution in [1.82, 2.24) is 4.90 Å². The van der Waals surface area contributed by atoms with Crippen molar-refractivity contribution in [3.05, 3.63) is 94.0 Å². The third-order valence-electron chi connectivity index (χ3n) is 5.65. The van der Waals surface area contributed by atoms with Gasteiger partial charge in [-0.3, -0.25) is 9.59 Å². The lowest BCUT2D eigenvalue weighted by molar-refractivity contribution is -0.136. The number of nitrogens with one attached hydrogen (secondary N) is 2. The van der Waals surface area contributed by atoms with Crippen molar-refractivity contribution in [2.75, 3.05) is 31.3 Å². The average molecular weight is 476 g/mol. The number of likely N-dealkylation sites (N-methyl/N-ethyl adjacent to an activating group) is 1. The highest BCUT2D eigenvalue weighted by atomic mass is 35.5. The van der Waals surface area contributed by atoms with Gasteiger partial charge in [-0.15, -0.1) is 0 Å². The summed E-state index contributed by atoms with van der Waals surface area (Å²) in [6.45, 7) is 0.963. The Labute approximate surface area is 203 Å². The lowest BCUT2D eigenvalue weighted by atomic mass is 9.98. The number of amides is 1. The van der Waals surface area contributed by atoms with Crippen molar-refractivity contribution in [3.8, 4) is 0 Å². The zero-order valence-electron chi connectivity index (χ0n) is 19.1. The Morgan fingerprint density at radius 1 is 1.00 bits per heavy atom. The molecule has 3 N–H and O–H groups in total. The van der Waals surface area contributed by atoms with Crippen LogP contribution in [0, 0.1) is 0 Å². The Balaban J connectivity index is 1.73. The number of rotatable bonds is 8. The van der Waals surface area contributed by atoms with Crippen LogP contribution in [-0.2, 0) is 22.4 Å². The van der Waals surface area contributed by atoms with Crippen LogP contribution in [0.1, 0.15) is 22.3 Å². The van der Waals surface area contributed by atoms with Crippen molar-refractivity contribution < 1.29 is 14.7 Å². The second-order valence-corrected chi connectivity index (χ2v) is 8.97. The Kier molecular flexibility index (Phi) is 7.01. The molecule has 0 spiro atoms. The van der Waals surface area contributed by atoms with E-state index in [0.29, 0.717) is 27.5 Å². The molecule has 0 unspecified atom stereocenters. The van der Waals surface area contributed by atoms with E-state index in [4.69, 9.17) is 16.7 Å². The van der Waals surface area contributed by atoms with Gasteiger partial charge in [0.2, 0.25) is 0 Å². The van der Waals surface area contributed by atoms with Crippen LogP contribution in [0.3, 0.4) is 0 Å². The van der Waals surface area contributed by atoms with Gasteiger partial charge in [0.05, 0.1) is 23.4 Å². The zero-order chi connectivity index (χ0) is 24.2. The van der Waals surface area contributed by atoms with Crippen LogP contribution in [0.15, 0.2) is 66.7 Å². The predicted molar refractivity (Wildman–Crippen MR) is 137 cm³/mol. The minimum absolute atomic E-state index is 0.0597. The fourth-order valence-electron chi connectivity index (χ4n) is 3.89. The number of carboxylic acids is 1. The van der Waals surface area contributed by atoms with Gasteiger partial charge in [0.1, 0.15) is 0 Å². The molecular weight excluding hydrogens is 450 g/mol. The summed E-state index contributed by atoms with van der Waals surface area (Å²) in [5.41, 5.74) is 6.11. The van der Waals surface area contributed by atoms with Crippen molar-refractivity contribution in [2.45, 2.75) is 12.8 Å². The lowest BCUT2D eigenvalue weighted by Crippen LogP contribution is -2.15. The van der Waals surface area contributed by atoms with Gasteiger partial charge < -0.3 is 20.6 Å². The number of carbonyl (C=O) groups is 2. The summed E-state index contributed by atoms with van der Waals surface area (Å²) < 4.78 is 0. The number of nitrogens with zero attached hydrogens (tertiary/aromatic N) is 1. The summed E-state index contributed by atoms with van der Waals surface area (Å²) in [6.07, 6.45) is 0.888. The number of anilines is 2. The number of aliphatic carboxylic acids is 1. The molecule has 4 rings (SSSR count). The van der Waals surface area contributed by atoms with E-state index in [1.165, 1.54) is 5.56 Å². The van der Waals surface area contributed by atoms with E-state index in [2.05, 4.69) is 27.7 Å². The van der Waals surface area contributed by atoms with E-state index in [1.54, 1.807) is 24.3 Å². The molecule has 3 aromatic rings. The molecule has 34 heavy (non-hydrogen) atoms. The number of carboxylic acid groups (broad SMARTS) is 1. The second kappa shape index (κ2) is 10.1. The number of hydrogen-bond acceptors (Lipinski definition) is 4. The van der Waals surface area contributed by atoms with Crippen molar-refractivity contribution in [3.63, 3.8) is 0 Å². The predicted octanol–water partition coefficient (Wildman–Crippen LogP) is 5.00. The molecule has 1 aliphatic heterocycles. The van der Waals surface area contributed by atoms with Crippen LogP contribution in [0.5, 0.6) is 0 Å². The van der Waals surface area contributed by atoms with Gasteiger partial charge in [0.25, 0.3) is 5.91 Å². The molecule has 6 nitrogen and oxygen atoms in total. The van der Waals surface area contributed by atoms with E-state index in [0.717, 1.165) is 29.8 Å². The summed E-state index contributed by atoms with van der Waals surface area (Å²) in [5.74, 6) is -1.11. The Bertz CT molecular complexity index is 1250. The van der Waals surface area contributed by atoms with Crippen molar-refractivity contribution in [2.24, 2.45) is 0 Å². The van der Waals surface area contributed by atoms with E-state index < -0.39 is 5.97 Å². The quantitative estimate of drug-likeness (QED) is 0.399. The Morgan fingerprint density at radius 2 is 1.68 bits per heavy atom. The maximum Gasteiger partial charge on any atom is 0.307 e. The first-order chi connectivity index (χ1) is 16.3. The SMILES string of the molecule is CN(C)CCc1ccc(N/C(=C2\C(=O)Nc3cc(Cl)ccc32)c2ccc(CC(=O)O)cc2)cc1. The van der Waals surface area contributed by atoms with Crippen LogP contribution in [0.2, 0.25) is 5.02 Å². The van der Waals surface area contributed by atoms with Crippen LogP contribution in [0.4, 0.5) is 11.4 Å². The molecule has 174 valence electrons. The van der Waals surface area contributed by atoms with Gasteiger partial charge >= 0.3 is 5.97 Å². The van der Waals surface area contributed by atoms with Gasteiger partial charge in [0, 0.05) is 22.8 Å². The van der Waals surface area contributed by atoms with Crippen LogP contribution in [-0.4, -0.2) is 42.5 Å². The van der Waals surface area contributed by atoms with Gasteiger partial charge in [-0.05, 0) is 61.5 Å². The number of carbonyl (C=O) groups excluding carboxylic acids is 1. The first-order valence-electron chi connectivity index (χ1n) is 11.0. The Hall–Kier alpha value is -3.61. The molecule has 3 aromatic carbocycles. The molecule has 0 radical (unpaired) electrons. The van der Waals surface area contributed by atoms with Crippen LogP contribution in [0.25, 0.3) is 11.3 Å². The molecule has 1 amide bonds. The zero-order valence-corrected chi connectivity index (χ0v) is 19.8. The molecule has 0 saturated heterocycles. The molecule has 1 aliphatic rings. The standard InChI is InChI=1S/C27H26ClN3O3/c1-31(2)14-13-17-5-10-21(11-6-17)29-26(19-7-3-18(4-8-19)15-24(32)33)25-22-12-9-20(28)16-23(22)30-27(25)34/h3-12,16,29H,13-15H2,1-2H3,(H,30,34)(H,32,33)/b26-25-.